The topological polar surface area (TPSA) is 49.4 Å². The van der Waals surface area contributed by atoms with Gasteiger partial charge in [-0.05, 0) is 42.2 Å². The molecule has 4 nitrogen and oxygen atoms in total. The number of halogens is 1. The molecule has 1 unspecified atom stereocenters. The minimum absolute atomic E-state index is 0.0969. The SMILES string of the molecule is CCCCNC(=O)C(Cc1ccccc1)N(Cc1ccc(C)cc1)C(=O)Cc1ccc(F)cc1. The van der Waals surface area contributed by atoms with Crippen LogP contribution in [-0.4, -0.2) is 29.3 Å². The molecule has 0 aromatic heterocycles. The molecule has 3 aromatic rings. The summed E-state index contributed by atoms with van der Waals surface area (Å²) in [7, 11) is 0. The maximum Gasteiger partial charge on any atom is 0.243 e. The summed E-state index contributed by atoms with van der Waals surface area (Å²) < 4.78 is 13.4. The minimum Gasteiger partial charge on any atom is -0.354 e. The van der Waals surface area contributed by atoms with Crippen molar-refractivity contribution in [1.29, 1.82) is 0 Å². The van der Waals surface area contributed by atoms with E-state index < -0.39 is 6.04 Å². The van der Waals surface area contributed by atoms with E-state index in [2.05, 4.69) is 12.2 Å². The lowest BCUT2D eigenvalue weighted by molar-refractivity contribution is -0.140. The van der Waals surface area contributed by atoms with Gasteiger partial charge in [0.25, 0.3) is 0 Å². The molecule has 0 spiro atoms. The van der Waals surface area contributed by atoms with Gasteiger partial charge in [-0.3, -0.25) is 9.59 Å². The number of amides is 2. The summed E-state index contributed by atoms with van der Waals surface area (Å²) in [5.74, 6) is -0.666. The third-order valence-electron chi connectivity index (χ3n) is 5.84. The number of nitrogens with one attached hydrogen (secondary N) is 1. The van der Waals surface area contributed by atoms with Gasteiger partial charge in [0.1, 0.15) is 11.9 Å². The van der Waals surface area contributed by atoms with Crippen molar-refractivity contribution in [2.24, 2.45) is 0 Å². The zero-order valence-electron chi connectivity index (χ0n) is 20.0. The number of unbranched alkanes of at least 4 members (excludes halogenated alkanes) is 1. The van der Waals surface area contributed by atoms with Crippen molar-refractivity contribution >= 4 is 11.8 Å². The summed E-state index contributed by atoms with van der Waals surface area (Å²) in [5, 5.41) is 3.02. The fraction of sp³-hybridized carbons (Fsp3) is 0.310. The average Bonchev–Trinajstić information content (AvgIpc) is 2.84. The fourth-order valence-electron chi connectivity index (χ4n) is 3.83. The highest BCUT2D eigenvalue weighted by atomic mass is 19.1. The Kier molecular flexibility index (Phi) is 9.39. The van der Waals surface area contributed by atoms with Gasteiger partial charge in [-0.2, -0.15) is 0 Å². The van der Waals surface area contributed by atoms with Crippen LogP contribution in [0.25, 0.3) is 0 Å². The number of hydrogen-bond acceptors (Lipinski definition) is 2. The molecule has 5 heteroatoms. The first-order valence-electron chi connectivity index (χ1n) is 11.9. The van der Waals surface area contributed by atoms with Gasteiger partial charge in [-0.15, -0.1) is 0 Å². The lowest BCUT2D eigenvalue weighted by atomic mass is 10.0. The number of benzene rings is 3. The highest BCUT2D eigenvalue weighted by Crippen LogP contribution is 2.17. The molecule has 178 valence electrons. The number of nitrogens with zero attached hydrogens (tertiary/aromatic N) is 1. The molecule has 2 amide bonds. The first-order valence-corrected chi connectivity index (χ1v) is 11.9. The lowest BCUT2D eigenvalue weighted by Crippen LogP contribution is -2.51. The van der Waals surface area contributed by atoms with Gasteiger partial charge >= 0.3 is 0 Å². The first-order chi connectivity index (χ1) is 16.5. The Morgan fingerprint density at radius 3 is 2.18 bits per heavy atom. The molecule has 0 heterocycles. The molecule has 0 bridgehead atoms. The second kappa shape index (κ2) is 12.7. The molecular formula is C29H33FN2O2. The molecule has 3 rings (SSSR count). The molecule has 0 radical (unpaired) electrons. The zero-order chi connectivity index (χ0) is 24.3. The Labute approximate surface area is 201 Å². The minimum atomic E-state index is -0.659. The Morgan fingerprint density at radius 2 is 1.53 bits per heavy atom. The number of hydrogen-bond donors (Lipinski definition) is 1. The van der Waals surface area contributed by atoms with Crippen molar-refractivity contribution in [1.82, 2.24) is 10.2 Å². The third kappa shape index (κ3) is 7.55. The van der Waals surface area contributed by atoms with Crippen molar-refractivity contribution < 1.29 is 14.0 Å². The van der Waals surface area contributed by atoms with Crippen molar-refractivity contribution in [3.8, 4) is 0 Å². The predicted octanol–water partition coefficient (Wildman–Crippen LogP) is 5.23. The van der Waals surface area contributed by atoms with Crippen LogP contribution in [0.1, 0.15) is 42.0 Å². The van der Waals surface area contributed by atoms with Crippen molar-refractivity contribution in [2.45, 2.75) is 52.1 Å². The van der Waals surface area contributed by atoms with Crippen molar-refractivity contribution in [2.75, 3.05) is 6.54 Å². The van der Waals surface area contributed by atoms with E-state index in [0.717, 1.165) is 29.5 Å². The quantitative estimate of drug-likeness (QED) is 0.398. The predicted molar refractivity (Wildman–Crippen MR) is 134 cm³/mol. The molecule has 0 aliphatic heterocycles. The van der Waals surface area contributed by atoms with Crippen molar-refractivity contribution in [3.05, 3.63) is 107 Å². The summed E-state index contributed by atoms with van der Waals surface area (Å²) in [6.07, 6.45) is 2.37. The highest BCUT2D eigenvalue weighted by Gasteiger charge is 2.30. The number of aryl methyl sites for hydroxylation is 1. The van der Waals surface area contributed by atoms with E-state index in [4.69, 9.17) is 0 Å². The summed E-state index contributed by atoms with van der Waals surface area (Å²) in [4.78, 5) is 28.6. The third-order valence-corrected chi connectivity index (χ3v) is 5.84. The van der Waals surface area contributed by atoms with E-state index >= 15 is 0 Å². The van der Waals surface area contributed by atoms with Crippen LogP contribution in [0.15, 0.2) is 78.9 Å². The van der Waals surface area contributed by atoms with Crippen LogP contribution in [0.4, 0.5) is 4.39 Å². The molecule has 0 fully saturated rings. The van der Waals surface area contributed by atoms with E-state index in [-0.39, 0.29) is 24.1 Å². The van der Waals surface area contributed by atoms with Crippen LogP contribution in [0.5, 0.6) is 0 Å². The Hall–Kier alpha value is -3.47. The van der Waals surface area contributed by atoms with Gasteiger partial charge in [-0.25, -0.2) is 4.39 Å². The van der Waals surface area contributed by atoms with E-state index in [9.17, 15) is 14.0 Å². The van der Waals surface area contributed by atoms with Gasteiger partial charge in [-0.1, -0.05) is 85.6 Å². The summed E-state index contributed by atoms with van der Waals surface area (Å²) in [6, 6.07) is 23.0. The molecule has 0 aliphatic rings. The molecule has 34 heavy (non-hydrogen) atoms. The monoisotopic (exact) mass is 460 g/mol. The molecule has 0 saturated carbocycles. The van der Waals surface area contributed by atoms with Crippen LogP contribution >= 0.6 is 0 Å². The second-order valence-corrected chi connectivity index (χ2v) is 8.66. The number of carbonyl (C=O) groups excluding carboxylic acids is 2. The molecule has 0 saturated heterocycles. The summed E-state index contributed by atoms with van der Waals surface area (Å²) >= 11 is 0. The lowest BCUT2D eigenvalue weighted by Gasteiger charge is -2.32. The molecule has 1 N–H and O–H groups in total. The van der Waals surface area contributed by atoms with Crippen LogP contribution in [0.2, 0.25) is 0 Å². The molecular weight excluding hydrogens is 427 g/mol. The fourth-order valence-corrected chi connectivity index (χ4v) is 3.83. The van der Waals surface area contributed by atoms with Gasteiger partial charge in [0.05, 0.1) is 6.42 Å². The van der Waals surface area contributed by atoms with E-state index in [1.165, 1.54) is 12.1 Å². The van der Waals surface area contributed by atoms with Crippen LogP contribution < -0.4 is 5.32 Å². The first kappa shape index (κ1) is 25.2. The number of carbonyl (C=O) groups is 2. The van der Waals surface area contributed by atoms with Gasteiger partial charge < -0.3 is 10.2 Å². The van der Waals surface area contributed by atoms with E-state index in [1.807, 2.05) is 61.5 Å². The molecule has 1 atom stereocenters. The largest absolute Gasteiger partial charge is 0.354 e. The van der Waals surface area contributed by atoms with Crippen LogP contribution in [0.3, 0.4) is 0 Å². The summed E-state index contributed by atoms with van der Waals surface area (Å²) in [5.41, 5.74) is 3.79. The number of rotatable bonds is 11. The smallest absolute Gasteiger partial charge is 0.243 e. The standard InChI is InChI=1S/C29H33FN2O2/c1-3-4-18-31-29(34)27(19-23-8-6-5-7-9-23)32(21-25-12-10-22(2)11-13-25)28(33)20-24-14-16-26(30)17-15-24/h5-17,27H,3-4,18-21H2,1-2H3,(H,31,34). The zero-order valence-corrected chi connectivity index (χ0v) is 20.0. The normalized spacial score (nSPS) is 11.6. The maximum atomic E-state index is 13.6. The van der Waals surface area contributed by atoms with Crippen molar-refractivity contribution in [3.63, 3.8) is 0 Å². The average molecular weight is 461 g/mol. The highest BCUT2D eigenvalue weighted by molar-refractivity contribution is 5.88. The Bertz CT molecular complexity index is 1050. The van der Waals surface area contributed by atoms with Gasteiger partial charge in [0.15, 0.2) is 0 Å². The molecule has 3 aromatic carbocycles. The maximum absolute atomic E-state index is 13.6. The van der Waals surface area contributed by atoms with Crippen LogP contribution in [-0.2, 0) is 29.0 Å². The molecule has 0 aliphatic carbocycles. The van der Waals surface area contributed by atoms with Gasteiger partial charge in [0, 0.05) is 19.5 Å². The second-order valence-electron chi connectivity index (χ2n) is 8.66. The van der Waals surface area contributed by atoms with Gasteiger partial charge in [0.2, 0.25) is 11.8 Å². The Morgan fingerprint density at radius 1 is 0.882 bits per heavy atom. The van der Waals surface area contributed by atoms with E-state index in [0.29, 0.717) is 25.1 Å². The van der Waals surface area contributed by atoms with E-state index in [1.54, 1.807) is 17.0 Å². The Balaban J connectivity index is 1.92. The summed E-state index contributed by atoms with van der Waals surface area (Å²) in [6.45, 7) is 4.98. The van der Waals surface area contributed by atoms with Crippen LogP contribution in [0, 0.1) is 12.7 Å².